The fourth-order valence-electron chi connectivity index (χ4n) is 3.46. The second-order valence-corrected chi connectivity index (χ2v) is 7.71. The lowest BCUT2D eigenvalue weighted by atomic mass is 9.98. The van der Waals surface area contributed by atoms with Crippen LogP contribution in [-0.2, 0) is 11.3 Å². The van der Waals surface area contributed by atoms with Gasteiger partial charge in [-0.2, -0.15) is 5.10 Å². The van der Waals surface area contributed by atoms with Crippen molar-refractivity contribution in [3.8, 4) is 0 Å². The zero-order chi connectivity index (χ0) is 17.2. The molecule has 6 heteroatoms. The third-order valence-electron chi connectivity index (χ3n) is 4.90. The number of amides is 1. The van der Waals surface area contributed by atoms with Crippen molar-refractivity contribution in [2.45, 2.75) is 38.6 Å². The molecule has 1 amide bonds. The topological polar surface area (TPSA) is 51.0 Å². The fraction of sp³-hybridized carbons (Fsp3) is 0.421. The molecule has 1 saturated heterocycles. The molecule has 3 aromatic rings. The van der Waals surface area contributed by atoms with E-state index in [0.29, 0.717) is 18.9 Å². The maximum absolute atomic E-state index is 12.6. The van der Waals surface area contributed by atoms with Crippen molar-refractivity contribution in [3.63, 3.8) is 0 Å². The largest absolute Gasteiger partial charge is 0.342 e. The maximum Gasteiger partial charge on any atom is 0.224 e. The molecule has 0 aliphatic carbocycles. The van der Waals surface area contributed by atoms with Crippen LogP contribution in [0.15, 0.2) is 36.5 Å². The molecular formula is C19H22N4OS. The minimum atomic E-state index is 0.223. The molecule has 25 heavy (non-hydrogen) atoms. The van der Waals surface area contributed by atoms with E-state index in [1.54, 1.807) is 17.5 Å². The summed E-state index contributed by atoms with van der Waals surface area (Å²) in [5.74, 6) is 0.585. The van der Waals surface area contributed by atoms with Gasteiger partial charge in [0.25, 0.3) is 0 Å². The van der Waals surface area contributed by atoms with Crippen LogP contribution in [-0.4, -0.2) is 38.7 Å². The second-order valence-electron chi connectivity index (χ2n) is 6.64. The molecule has 0 N–H and O–H groups in total. The van der Waals surface area contributed by atoms with Crippen LogP contribution in [0.2, 0.25) is 0 Å². The highest BCUT2D eigenvalue weighted by Gasteiger charge is 2.26. The molecule has 130 valence electrons. The fourth-order valence-corrected chi connectivity index (χ4v) is 4.56. The molecule has 1 aliphatic heterocycles. The van der Waals surface area contributed by atoms with Crippen molar-refractivity contribution in [3.05, 3.63) is 47.2 Å². The van der Waals surface area contributed by atoms with Crippen molar-refractivity contribution in [1.82, 2.24) is 19.7 Å². The van der Waals surface area contributed by atoms with Crippen LogP contribution < -0.4 is 0 Å². The number of hydrogen-bond donors (Lipinski definition) is 0. The summed E-state index contributed by atoms with van der Waals surface area (Å²) in [7, 11) is 0. The molecule has 3 heterocycles. The zero-order valence-corrected chi connectivity index (χ0v) is 15.2. The van der Waals surface area contributed by atoms with Crippen LogP contribution in [0.25, 0.3) is 10.2 Å². The lowest BCUT2D eigenvalue weighted by molar-refractivity contribution is -0.132. The molecule has 0 radical (unpaired) electrons. The van der Waals surface area contributed by atoms with Gasteiger partial charge in [0.05, 0.1) is 15.2 Å². The van der Waals surface area contributed by atoms with E-state index in [9.17, 15) is 4.79 Å². The Balaban J connectivity index is 1.41. The van der Waals surface area contributed by atoms with E-state index in [-0.39, 0.29) is 5.91 Å². The van der Waals surface area contributed by atoms with E-state index >= 15 is 0 Å². The smallest absolute Gasteiger partial charge is 0.224 e. The molecule has 1 aliphatic rings. The Hall–Kier alpha value is -2.21. The van der Waals surface area contributed by atoms with Crippen molar-refractivity contribution in [2.24, 2.45) is 0 Å². The van der Waals surface area contributed by atoms with Gasteiger partial charge in [-0.3, -0.25) is 9.48 Å². The molecule has 0 unspecified atom stereocenters. The van der Waals surface area contributed by atoms with Crippen LogP contribution in [0.3, 0.4) is 0 Å². The van der Waals surface area contributed by atoms with E-state index in [1.807, 2.05) is 28.6 Å². The molecule has 1 aromatic carbocycles. The highest BCUT2D eigenvalue weighted by Crippen LogP contribution is 2.33. The first-order valence-electron chi connectivity index (χ1n) is 8.82. The Morgan fingerprint density at radius 1 is 1.32 bits per heavy atom. The van der Waals surface area contributed by atoms with Crippen LogP contribution in [0.4, 0.5) is 0 Å². The molecule has 1 fully saturated rings. The molecule has 5 nitrogen and oxygen atoms in total. The standard InChI is InChI=1S/C19H22N4OS/c1-14-8-10-20-23(14)12-9-18(24)22-11-4-5-15(13-22)19-21-16-6-2-3-7-17(16)25-19/h2-3,6-8,10,15H,4-5,9,11-13H2,1H3/t15-/m1/s1. The summed E-state index contributed by atoms with van der Waals surface area (Å²) in [4.78, 5) is 19.4. The lowest BCUT2D eigenvalue weighted by Crippen LogP contribution is -2.39. The first-order chi connectivity index (χ1) is 12.2. The molecular weight excluding hydrogens is 332 g/mol. The van der Waals surface area contributed by atoms with Gasteiger partial charge in [-0.1, -0.05) is 12.1 Å². The number of nitrogens with zero attached hydrogens (tertiary/aromatic N) is 4. The first-order valence-corrected chi connectivity index (χ1v) is 9.64. The minimum Gasteiger partial charge on any atom is -0.342 e. The Morgan fingerprint density at radius 2 is 2.20 bits per heavy atom. The predicted octanol–water partition coefficient (Wildman–Crippen LogP) is 3.60. The summed E-state index contributed by atoms with van der Waals surface area (Å²) in [5.41, 5.74) is 2.17. The Bertz CT molecular complexity index is 851. The first kappa shape index (κ1) is 16.3. The van der Waals surface area contributed by atoms with E-state index in [2.05, 4.69) is 23.3 Å². The van der Waals surface area contributed by atoms with Gasteiger partial charge in [0.15, 0.2) is 0 Å². The number of hydrogen-bond acceptors (Lipinski definition) is 4. The number of piperidine rings is 1. The second kappa shape index (κ2) is 6.96. The summed E-state index contributed by atoms with van der Waals surface area (Å²) in [6.45, 7) is 4.32. The van der Waals surface area contributed by atoms with E-state index in [1.165, 1.54) is 9.71 Å². The van der Waals surface area contributed by atoms with Gasteiger partial charge in [-0.25, -0.2) is 4.98 Å². The average Bonchev–Trinajstić information content (AvgIpc) is 3.25. The third-order valence-corrected chi connectivity index (χ3v) is 6.10. The Kier molecular flexibility index (Phi) is 4.53. The lowest BCUT2D eigenvalue weighted by Gasteiger charge is -2.32. The van der Waals surface area contributed by atoms with Crippen LogP contribution in [0, 0.1) is 6.92 Å². The van der Waals surface area contributed by atoms with Crippen LogP contribution >= 0.6 is 11.3 Å². The van der Waals surface area contributed by atoms with E-state index < -0.39 is 0 Å². The van der Waals surface area contributed by atoms with Crippen LogP contribution in [0.1, 0.15) is 35.9 Å². The van der Waals surface area contributed by atoms with Crippen molar-refractivity contribution >= 4 is 27.5 Å². The highest BCUT2D eigenvalue weighted by molar-refractivity contribution is 7.18. The van der Waals surface area contributed by atoms with Gasteiger partial charge in [-0.15, -0.1) is 11.3 Å². The summed E-state index contributed by atoms with van der Waals surface area (Å²) in [6, 6.07) is 10.2. The normalized spacial score (nSPS) is 18.0. The van der Waals surface area contributed by atoms with Crippen molar-refractivity contribution < 1.29 is 4.79 Å². The number of fused-ring (bicyclic) bond motifs is 1. The number of aryl methyl sites for hydroxylation is 2. The van der Waals surface area contributed by atoms with Gasteiger partial charge in [0.2, 0.25) is 5.91 Å². The van der Waals surface area contributed by atoms with Crippen molar-refractivity contribution in [1.29, 1.82) is 0 Å². The van der Waals surface area contributed by atoms with Gasteiger partial charge in [0, 0.05) is 43.9 Å². The SMILES string of the molecule is Cc1ccnn1CCC(=O)N1CCC[C@@H](c2nc3ccccc3s2)C1. The molecule has 1 atom stereocenters. The monoisotopic (exact) mass is 354 g/mol. The molecule has 0 saturated carbocycles. The number of carbonyl (C=O) groups is 1. The van der Waals surface area contributed by atoms with Gasteiger partial charge >= 0.3 is 0 Å². The van der Waals surface area contributed by atoms with E-state index in [0.717, 1.165) is 37.1 Å². The third kappa shape index (κ3) is 3.44. The number of rotatable bonds is 4. The van der Waals surface area contributed by atoms with E-state index in [4.69, 9.17) is 4.98 Å². The van der Waals surface area contributed by atoms with Gasteiger partial charge in [-0.05, 0) is 38.0 Å². The molecule has 0 spiro atoms. The molecule has 4 rings (SSSR count). The summed E-state index contributed by atoms with van der Waals surface area (Å²) >= 11 is 1.77. The minimum absolute atomic E-state index is 0.223. The number of carbonyl (C=O) groups excluding carboxylic acids is 1. The number of aromatic nitrogens is 3. The van der Waals surface area contributed by atoms with Gasteiger partial charge < -0.3 is 4.90 Å². The summed E-state index contributed by atoms with van der Waals surface area (Å²) in [5, 5.41) is 5.43. The predicted molar refractivity (Wildman–Crippen MR) is 99.8 cm³/mol. The number of likely N-dealkylation sites (tertiary alicyclic amines) is 1. The highest BCUT2D eigenvalue weighted by atomic mass is 32.1. The number of para-hydroxylation sites is 1. The Morgan fingerprint density at radius 3 is 3.00 bits per heavy atom. The summed E-state index contributed by atoms with van der Waals surface area (Å²) < 4.78 is 3.13. The maximum atomic E-state index is 12.6. The van der Waals surface area contributed by atoms with Gasteiger partial charge in [0.1, 0.15) is 0 Å². The Labute approximate surface area is 151 Å². The summed E-state index contributed by atoms with van der Waals surface area (Å²) in [6.07, 6.45) is 4.45. The van der Waals surface area contributed by atoms with Crippen LogP contribution in [0.5, 0.6) is 0 Å². The molecule has 0 bridgehead atoms. The molecule has 2 aromatic heterocycles. The number of thiazole rings is 1. The number of benzene rings is 1. The average molecular weight is 354 g/mol. The van der Waals surface area contributed by atoms with Crippen molar-refractivity contribution in [2.75, 3.05) is 13.1 Å². The zero-order valence-electron chi connectivity index (χ0n) is 14.4. The quantitative estimate of drug-likeness (QED) is 0.719.